The van der Waals surface area contributed by atoms with Crippen LogP contribution in [0.25, 0.3) is 0 Å². The van der Waals surface area contributed by atoms with Gasteiger partial charge >= 0.3 is 6.18 Å². The van der Waals surface area contributed by atoms with Gasteiger partial charge < -0.3 is 15.0 Å². The Bertz CT molecular complexity index is 890. The molecule has 1 aliphatic heterocycles. The van der Waals surface area contributed by atoms with Crippen LogP contribution in [0.5, 0.6) is 0 Å². The second-order valence-corrected chi connectivity index (χ2v) is 7.15. The monoisotopic (exact) mass is 421 g/mol. The van der Waals surface area contributed by atoms with Crippen molar-refractivity contribution in [3.05, 3.63) is 65.5 Å². The molecule has 1 aromatic carbocycles. The molecule has 160 valence electrons. The lowest BCUT2D eigenvalue weighted by Crippen LogP contribution is -2.36. The lowest BCUT2D eigenvalue weighted by atomic mass is 9.87. The van der Waals surface area contributed by atoms with Gasteiger partial charge in [0.25, 0.3) is 0 Å². The second-order valence-electron chi connectivity index (χ2n) is 7.15. The maximum absolute atomic E-state index is 13.2. The Morgan fingerprint density at radius 3 is 2.70 bits per heavy atom. The fourth-order valence-electron chi connectivity index (χ4n) is 3.59. The van der Waals surface area contributed by atoms with Gasteiger partial charge in [0.05, 0.1) is 11.5 Å². The first kappa shape index (κ1) is 21.8. The normalized spacial score (nSPS) is 19.0. The van der Waals surface area contributed by atoms with Crippen LogP contribution in [-0.2, 0) is 27.0 Å². The third-order valence-electron chi connectivity index (χ3n) is 5.11. The molecule has 1 N–H and O–H groups in total. The summed E-state index contributed by atoms with van der Waals surface area (Å²) < 4.78 is 44.3. The van der Waals surface area contributed by atoms with Crippen LogP contribution in [0, 0.1) is 5.92 Å². The molecule has 30 heavy (non-hydrogen) atoms. The van der Waals surface area contributed by atoms with Crippen LogP contribution in [0.1, 0.15) is 22.6 Å². The van der Waals surface area contributed by atoms with Gasteiger partial charge in [-0.3, -0.25) is 14.6 Å². The van der Waals surface area contributed by atoms with Crippen LogP contribution in [0.15, 0.2) is 48.8 Å². The summed E-state index contributed by atoms with van der Waals surface area (Å²) in [5.74, 6) is -1.86. The molecule has 1 aliphatic rings. The largest absolute Gasteiger partial charge is 0.416 e. The van der Waals surface area contributed by atoms with Crippen molar-refractivity contribution in [1.29, 1.82) is 0 Å². The number of carbonyl (C=O) groups excluding carboxylic acids is 2. The van der Waals surface area contributed by atoms with E-state index in [0.717, 1.165) is 17.7 Å². The minimum absolute atomic E-state index is 0.113. The maximum atomic E-state index is 13.2. The highest BCUT2D eigenvalue weighted by Gasteiger charge is 2.41. The fourth-order valence-corrected chi connectivity index (χ4v) is 3.59. The summed E-state index contributed by atoms with van der Waals surface area (Å²) in [4.78, 5) is 30.6. The lowest BCUT2D eigenvalue weighted by Gasteiger charge is -2.19. The number of likely N-dealkylation sites (tertiary alicyclic amines) is 1. The Morgan fingerprint density at radius 1 is 1.23 bits per heavy atom. The van der Waals surface area contributed by atoms with Gasteiger partial charge in [-0.05, 0) is 23.3 Å². The zero-order chi connectivity index (χ0) is 21.7. The summed E-state index contributed by atoms with van der Waals surface area (Å²) in [6, 6.07) is 8.47. The summed E-state index contributed by atoms with van der Waals surface area (Å²) in [6.07, 6.45) is -1.25. The van der Waals surface area contributed by atoms with E-state index in [4.69, 9.17) is 4.74 Å². The van der Waals surface area contributed by atoms with Crippen LogP contribution in [0.2, 0.25) is 0 Å². The SMILES string of the molecule is COCC(=O)N1C[C@H](C(=O)NCc2cccnc2)[C@H](c2cccc(C(F)(F)F)c2)C1. The van der Waals surface area contributed by atoms with Gasteiger partial charge in [0.2, 0.25) is 11.8 Å². The van der Waals surface area contributed by atoms with Crippen molar-refractivity contribution in [3.8, 4) is 0 Å². The average molecular weight is 421 g/mol. The number of ether oxygens (including phenoxy) is 1. The molecule has 1 fully saturated rings. The molecular weight excluding hydrogens is 399 g/mol. The molecule has 0 spiro atoms. The number of nitrogens with one attached hydrogen (secondary N) is 1. The highest BCUT2D eigenvalue weighted by Crippen LogP contribution is 2.36. The highest BCUT2D eigenvalue weighted by molar-refractivity contribution is 5.83. The molecule has 0 saturated carbocycles. The van der Waals surface area contributed by atoms with Crippen LogP contribution in [0.4, 0.5) is 13.2 Å². The first-order chi connectivity index (χ1) is 14.3. The van der Waals surface area contributed by atoms with Gasteiger partial charge in [-0.2, -0.15) is 13.2 Å². The fraction of sp³-hybridized carbons (Fsp3) is 0.381. The van der Waals surface area contributed by atoms with Crippen LogP contribution in [0.3, 0.4) is 0 Å². The molecular formula is C21H22F3N3O3. The molecule has 2 heterocycles. The predicted molar refractivity (Wildman–Crippen MR) is 102 cm³/mol. The molecule has 2 aromatic rings. The number of amides is 2. The first-order valence-electron chi connectivity index (χ1n) is 9.40. The molecule has 9 heteroatoms. The number of pyridine rings is 1. The molecule has 6 nitrogen and oxygen atoms in total. The minimum atomic E-state index is -4.49. The van der Waals surface area contributed by atoms with Crippen molar-refractivity contribution in [1.82, 2.24) is 15.2 Å². The number of halogens is 3. The molecule has 0 bridgehead atoms. The van der Waals surface area contributed by atoms with E-state index in [1.807, 2.05) is 0 Å². The molecule has 0 unspecified atom stereocenters. The van der Waals surface area contributed by atoms with E-state index in [1.54, 1.807) is 30.6 Å². The summed E-state index contributed by atoms with van der Waals surface area (Å²) in [5, 5.41) is 2.81. The van der Waals surface area contributed by atoms with Crippen molar-refractivity contribution < 1.29 is 27.5 Å². The predicted octanol–water partition coefficient (Wildman–Crippen LogP) is 2.61. The number of benzene rings is 1. The molecule has 1 saturated heterocycles. The van der Waals surface area contributed by atoms with Crippen molar-refractivity contribution in [2.45, 2.75) is 18.6 Å². The maximum Gasteiger partial charge on any atom is 0.416 e. The number of methoxy groups -OCH3 is 1. The van der Waals surface area contributed by atoms with Gasteiger partial charge in [-0.15, -0.1) is 0 Å². The Hall–Kier alpha value is -2.94. The summed E-state index contributed by atoms with van der Waals surface area (Å²) >= 11 is 0. The molecule has 0 aliphatic carbocycles. The molecule has 2 atom stereocenters. The van der Waals surface area contributed by atoms with Crippen LogP contribution < -0.4 is 5.32 Å². The lowest BCUT2D eigenvalue weighted by molar-refractivity contribution is -0.137. The zero-order valence-electron chi connectivity index (χ0n) is 16.4. The zero-order valence-corrected chi connectivity index (χ0v) is 16.4. The summed E-state index contributed by atoms with van der Waals surface area (Å²) in [7, 11) is 1.39. The van der Waals surface area contributed by atoms with Crippen molar-refractivity contribution in [2.24, 2.45) is 5.92 Å². The van der Waals surface area contributed by atoms with E-state index >= 15 is 0 Å². The number of alkyl halides is 3. The van der Waals surface area contributed by atoms with Crippen molar-refractivity contribution >= 4 is 11.8 Å². The quantitative estimate of drug-likeness (QED) is 0.779. The van der Waals surface area contributed by atoms with Gasteiger partial charge in [0.15, 0.2) is 0 Å². The van der Waals surface area contributed by atoms with Gasteiger partial charge in [0.1, 0.15) is 6.61 Å². The topological polar surface area (TPSA) is 71.5 Å². The number of aromatic nitrogens is 1. The van der Waals surface area contributed by atoms with E-state index in [2.05, 4.69) is 10.3 Å². The highest BCUT2D eigenvalue weighted by atomic mass is 19.4. The number of hydrogen-bond donors (Lipinski definition) is 1. The van der Waals surface area contributed by atoms with Crippen molar-refractivity contribution in [2.75, 3.05) is 26.8 Å². The van der Waals surface area contributed by atoms with E-state index < -0.39 is 23.6 Å². The molecule has 0 radical (unpaired) electrons. The summed E-state index contributed by atoms with van der Waals surface area (Å²) in [5.41, 5.74) is 0.391. The third kappa shape index (κ3) is 5.15. The standard InChI is InChI=1S/C21H22F3N3O3/c1-30-13-19(28)27-11-17(15-5-2-6-16(8-15)21(22,23)24)18(12-27)20(29)26-10-14-4-3-7-25-9-14/h2-9,17-18H,10-13H2,1H3,(H,26,29)/t17-,18-/m0/s1. The smallest absolute Gasteiger partial charge is 0.375 e. The number of carbonyl (C=O) groups is 2. The molecule has 3 rings (SSSR count). The van der Waals surface area contributed by atoms with Crippen LogP contribution >= 0.6 is 0 Å². The number of rotatable bonds is 6. The van der Waals surface area contributed by atoms with E-state index in [9.17, 15) is 22.8 Å². The van der Waals surface area contributed by atoms with Gasteiger partial charge in [-0.25, -0.2) is 0 Å². The second kappa shape index (κ2) is 9.25. The minimum Gasteiger partial charge on any atom is -0.375 e. The average Bonchev–Trinajstić information content (AvgIpc) is 3.18. The van der Waals surface area contributed by atoms with Crippen LogP contribution in [-0.4, -0.2) is 48.5 Å². The van der Waals surface area contributed by atoms with E-state index in [0.29, 0.717) is 5.56 Å². The number of hydrogen-bond acceptors (Lipinski definition) is 4. The Labute approximate surface area is 172 Å². The molecule has 2 amide bonds. The Morgan fingerprint density at radius 2 is 2.03 bits per heavy atom. The first-order valence-corrected chi connectivity index (χ1v) is 9.40. The Balaban J connectivity index is 1.82. The van der Waals surface area contributed by atoms with Gasteiger partial charge in [0, 0.05) is 45.1 Å². The van der Waals surface area contributed by atoms with Gasteiger partial charge in [-0.1, -0.05) is 24.3 Å². The third-order valence-corrected chi connectivity index (χ3v) is 5.11. The summed E-state index contributed by atoms with van der Waals surface area (Å²) in [6.45, 7) is 0.348. The van der Waals surface area contributed by atoms with E-state index in [-0.39, 0.29) is 38.1 Å². The van der Waals surface area contributed by atoms with E-state index in [1.165, 1.54) is 18.1 Å². The number of nitrogens with zero attached hydrogens (tertiary/aromatic N) is 2. The molecule has 1 aromatic heterocycles. The Kier molecular flexibility index (Phi) is 6.71. The van der Waals surface area contributed by atoms with Crippen molar-refractivity contribution in [3.63, 3.8) is 0 Å².